The Balaban J connectivity index is 1.93. The van der Waals surface area contributed by atoms with Crippen LogP contribution in [0.2, 0.25) is 0 Å². The van der Waals surface area contributed by atoms with Gasteiger partial charge in [-0.2, -0.15) is 0 Å². The fraction of sp³-hybridized carbons (Fsp3) is 0.250. The van der Waals surface area contributed by atoms with Crippen molar-refractivity contribution >= 4 is 17.4 Å². The van der Waals surface area contributed by atoms with E-state index in [1.165, 1.54) is 0 Å². The number of aliphatic carboxylic acids is 1. The second kappa shape index (κ2) is 5.31. The van der Waals surface area contributed by atoms with E-state index in [0.717, 1.165) is 5.52 Å². The molecule has 0 fully saturated rings. The van der Waals surface area contributed by atoms with Crippen LogP contribution in [0, 0.1) is 0 Å². The second-order valence-corrected chi connectivity index (χ2v) is 3.90. The van der Waals surface area contributed by atoms with E-state index >= 15 is 0 Å². The molecule has 2 N–H and O–H groups in total. The first-order valence-corrected chi connectivity index (χ1v) is 5.58. The summed E-state index contributed by atoms with van der Waals surface area (Å²) < 4.78 is 1.76. The Morgan fingerprint density at radius 1 is 1.39 bits per heavy atom. The van der Waals surface area contributed by atoms with Crippen LogP contribution < -0.4 is 5.32 Å². The number of carboxylic acids is 1. The largest absolute Gasteiger partial charge is 0.481 e. The summed E-state index contributed by atoms with van der Waals surface area (Å²) in [6.45, 7) is 0.354. The van der Waals surface area contributed by atoms with Gasteiger partial charge in [0, 0.05) is 19.2 Å². The van der Waals surface area contributed by atoms with Crippen LogP contribution in [0.1, 0.15) is 23.2 Å². The van der Waals surface area contributed by atoms with Gasteiger partial charge in [0.1, 0.15) is 0 Å². The van der Waals surface area contributed by atoms with Crippen LogP contribution in [-0.4, -0.2) is 32.9 Å². The summed E-state index contributed by atoms with van der Waals surface area (Å²) in [6, 6.07) is 3.52. The zero-order valence-corrected chi connectivity index (χ0v) is 9.67. The lowest BCUT2D eigenvalue weighted by Gasteiger charge is -2.04. The van der Waals surface area contributed by atoms with Crippen LogP contribution in [0.4, 0.5) is 0 Å². The molecule has 6 heteroatoms. The average molecular weight is 247 g/mol. The maximum absolute atomic E-state index is 11.8. The molecule has 0 spiro atoms. The van der Waals surface area contributed by atoms with Gasteiger partial charge < -0.3 is 14.8 Å². The highest BCUT2D eigenvalue weighted by Crippen LogP contribution is 2.05. The molecule has 0 aromatic carbocycles. The van der Waals surface area contributed by atoms with Crippen molar-refractivity contribution in [2.24, 2.45) is 0 Å². The monoisotopic (exact) mass is 247 g/mol. The number of carbonyl (C=O) groups excluding carboxylic acids is 1. The molecule has 0 aliphatic rings. The molecule has 1 amide bonds. The van der Waals surface area contributed by atoms with Crippen molar-refractivity contribution in [1.82, 2.24) is 14.7 Å². The zero-order chi connectivity index (χ0) is 13.0. The van der Waals surface area contributed by atoms with Gasteiger partial charge >= 0.3 is 5.97 Å². The summed E-state index contributed by atoms with van der Waals surface area (Å²) in [5.74, 6) is -1.07. The number of rotatable bonds is 5. The number of fused-ring (bicyclic) bond motifs is 1. The minimum absolute atomic E-state index is 0.0564. The predicted molar refractivity (Wildman–Crippen MR) is 64.4 cm³/mol. The van der Waals surface area contributed by atoms with Gasteiger partial charge in [0.05, 0.1) is 23.6 Å². The van der Waals surface area contributed by atoms with E-state index in [1.807, 2.05) is 0 Å². The third-order valence-corrected chi connectivity index (χ3v) is 2.52. The van der Waals surface area contributed by atoms with Gasteiger partial charge in [0.25, 0.3) is 5.91 Å². The van der Waals surface area contributed by atoms with Gasteiger partial charge in [-0.25, -0.2) is 4.98 Å². The molecule has 0 atom stereocenters. The first-order chi connectivity index (χ1) is 8.66. The normalized spacial score (nSPS) is 10.4. The van der Waals surface area contributed by atoms with Crippen LogP contribution in [0.15, 0.2) is 30.9 Å². The summed E-state index contributed by atoms with van der Waals surface area (Å²) in [5, 5.41) is 11.1. The molecule has 2 aromatic rings. The minimum Gasteiger partial charge on any atom is -0.481 e. The van der Waals surface area contributed by atoms with E-state index in [-0.39, 0.29) is 12.3 Å². The number of aromatic nitrogens is 2. The van der Waals surface area contributed by atoms with E-state index in [9.17, 15) is 9.59 Å². The summed E-state index contributed by atoms with van der Waals surface area (Å²) in [6.07, 6.45) is 5.50. The van der Waals surface area contributed by atoms with Gasteiger partial charge in [0.2, 0.25) is 0 Å². The molecule has 0 radical (unpaired) electrons. The van der Waals surface area contributed by atoms with Crippen molar-refractivity contribution in [1.29, 1.82) is 0 Å². The van der Waals surface area contributed by atoms with E-state index in [1.54, 1.807) is 35.3 Å². The van der Waals surface area contributed by atoms with E-state index in [0.29, 0.717) is 18.5 Å². The third-order valence-electron chi connectivity index (χ3n) is 2.52. The molecule has 0 unspecified atom stereocenters. The fourth-order valence-electron chi connectivity index (χ4n) is 1.60. The second-order valence-electron chi connectivity index (χ2n) is 3.90. The van der Waals surface area contributed by atoms with Crippen LogP contribution >= 0.6 is 0 Å². The standard InChI is InChI=1S/C12H13N3O3/c16-11(17)2-1-5-14-12(18)9-3-4-10-6-13-8-15(10)7-9/h3-4,6-8H,1-2,5H2,(H,14,18)(H,16,17). The van der Waals surface area contributed by atoms with Crippen molar-refractivity contribution in [2.75, 3.05) is 6.54 Å². The Bertz CT molecular complexity index is 577. The predicted octanol–water partition coefficient (Wildman–Crippen LogP) is 0.929. The maximum atomic E-state index is 11.8. The smallest absolute Gasteiger partial charge is 0.303 e. The van der Waals surface area contributed by atoms with E-state index in [4.69, 9.17) is 5.11 Å². The Hall–Kier alpha value is -2.37. The molecule has 0 aliphatic carbocycles. The van der Waals surface area contributed by atoms with Gasteiger partial charge in [-0.1, -0.05) is 0 Å². The molecule has 94 valence electrons. The lowest BCUT2D eigenvalue weighted by molar-refractivity contribution is -0.137. The van der Waals surface area contributed by atoms with Crippen molar-refractivity contribution in [3.05, 3.63) is 36.4 Å². The molecule has 2 heterocycles. The Labute approximate surface area is 103 Å². The maximum Gasteiger partial charge on any atom is 0.303 e. The molecule has 2 rings (SSSR count). The van der Waals surface area contributed by atoms with Gasteiger partial charge in [0.15, 0.2) is 0 Å². The molecule has 0 saturated heterocycles. The van der Waals surface area contributed by atoms with Crippen LogP contribution in [0.5, 0.6) is 0 Å². The first kappa shape index (κ1) is 12.1. The minimum atomic E-state index is -0.857. The van der Waals surface area contributed by atoms with E-state index in [2.05, 4.69) is 10.3 Å². The Kier molecular flexibility index (Phi) is 3.57. The van der Waals surface area contributed by atoms with Crippen LogP contribution in [0.25, 0.3) is 5.52 Å². The quantitative estimate of drug-likeness (QED) is 0.770. The molecule has 0 saturated carbocycles. The summed E-state index contributed by atoms with van der Waals surface area (Å²) in [7, 11) is 0. The number of carboxylic acid groups (broad SMARTS) is 1. The summed E-state index contributed by atoms with van der Waals surface area (Å²) >= 11 is 0. The fourth-order valence-corrected chi connectivity index (χ4v) is 1.60. The molecule has 0 aliphatic heterocycles. The number of amides is 1. The highest BCUT2D eigenvalue weighted by atomic mass is 16.4. The van der Waals surface area contributed by atoms with Crippen LogP contribution in [-0.2, 0) is 4.79 Å². The molecule has 6 nitrogen and oxygen atoms in total. The summed E-state index contributed by atoms with van der Waals surface area (Å²) in [5.41, 5.74) is 1.44. The number of carbonyl (C=O) groups is 2. The van der Waals surface area contributed by atoms with Crippen molar-refractivity contribution in [3.63, 3.8) is 0 Å². The SMILES string of the molecule is O=C(O)CCCNC(=O)c1ccc2cncn2c1. The average Bonchev–Trinajstić information content (AvgIpc) is 2.81. The first-order valence-electron chi connectivity index (χ1n) is 5.58. The topological polar surface area (TPSA) is 83.7 Å². The van der Waals surface area contributed by atoms with Crippen LogP contribution in [0.3, 0.4) is 0 Å². The van der Waals surface area contributed by atoms with Gasteiger partial charge in [-0.15, -0.1) is 0 Å². The number of hydrogen-bond acceptors (Lipinski definition) is 3. The number of hydrogen-bond donors (Lipinski definition) is 2. The Morgan fingerprint density at radius 3 is 3.00 bits per heavy atom. The molecule has 18 heavy (non-hydrogen) atoms. The number of imidazole rings is 1. The zero-order valence-electron chi connectivity index (χ0n) is 9.67. The molecular weight excluding hydrogens is 234 g/mol. The molecule has 2 aromatic heterocycles. The van der Waals surface area contributed by atoms with Gasteiger partial charge in [-0.3, -0.25) is 9.59 Å². The van der Waals surface area contributed by atoms with Crippen molar-refractivity contribution < 1.29 is 14.7 Å². The summed E-state index contributed by atoms with van der Waals surface area (Å²) in [4.78, 5) is 26.0. The number of nitrogens with one attached hydrogen (secondary N) is 1. The van der Waals surface area contributed by atoms with E-state index < -0.39 is 5.97 Å². The van der Waals surface area contributed by atoms with Gasteiger partial charge in [-0.05, 0) is 18.6 Å². The number of pyridine rings is 1. The lowest BCUT2D eigenvalue weighted by atomic mass is 10.2. The lowest BCUT2D eigenvalue weighted by Crippen LogP contribution is -2.25. The highest BCUT2D eigenvalue weighted by Gasteiger charge is 2.06. The third kappa shape index (κ3) is 2.85. The number of nitrogens with zero attached hydrogens (tertiary/aromatic N) is 2. The Morgan fingerprint density at radius 2 is 2.22 bits per heavy atom. The van der Waals surface area contributed by atoms with Crippen molar-refractivity contribution in [3.8, 4) is 0 Å². The highest BCUT2D eigenvalue weighted by molar-refractivity contribution is 5.94. The molecule has 0 bridgehead atoms. The molecular formula is C12H13N3O3. The van der Waals surface area contributed by atoms with Crippen molar-refractivity contribution in [2.45, 2.75) is 12.8 Å².